The fourth-order valence-electron chi connectivity index (χ4n) is 2.58. The summed E-state index contributed by atoms with van der Waals surface area (Å²) in [5.74, 6) is 0.934. The minimum atomic E-state index is -0.484. The maximum absolute atomic E-state index is 12.2. The molecule has 0 radical (unpaired) electrons. The SMILES string of the molecule is CC(C)(C)Oc1cccc(CCC(=O)NC(C)(CO)C2CC2)n1. The molecule has 1 amide bonds. The Morgan fingerprint density at radius 3 is 2.61 bits per heavy atom. The number of carbonyl (C=O) groups is 1. The molecular weight excluding hydrogens is 292 g/mol. The Morgan fingerprint density at radius 1 is 1.35 bits per heavy atom. The van der Waals surface area contributed by atoms with Gasteiger partial charge in [0, 0.05) is 18.2 Å². The van der Waals surface area contributed by atoms with Crippen LogP contribution in [0.3, 0.4) is 0 Å². The van der Waals surface area contributed by atoms with Crippen LogP contribution >= 0.6 is 0 Å². The molecule has 1 aromatic rings. The van der Waals surface area contributed by atoms with Crippen molar-refractivity contribution >= 4 is 5.91 Å². The van der Waals surface area contributed by atoms with E-state index in [4.69, 9.17) is 4.74 Å². The van der Waals surface area contributed by atoms with Gasteiger partial charge in [-0.3, -0.25) is 4.79 Å². The number of hydrogen-bond donors (Lipinski definition) is 2. The largest absolute Gasteiger partial charge is 0.472 e. The molecule has 1 aliphatic rings. The highest BCUT2D eigenvalue weighted by Crippen LogP contribution is 2.39. The third-order valence-electron chi connectivity index (χ3n) is 4.03. The molecule has 0 saturated heterocycles. The van der Waals surface area contributed by atoms with Crippen molar-refractivity contribution in [3.05, 3.63) is 23.9 Å². The molecule has 128 valence electrons. The molecule has 2 rings (SSSR count). The molecule has 1 aliphatic carbocycles. The zero-order valence-corrected chi connectivity index (χ0v) is 14.6. The number of aliphatic hydroxyl groups is 1. The Labute approximate surface area is 138 Å². The molecule has 5 heteroatoms. The van der Waals surface area contributed by atoms with Crippen molar-refractivity contribution < 1.29 is 14.6 Å². The molecule has 1 fully saturated rings. The van der Waals surface area contributed by atoms with E-state index >= 15 is 0 Å². The second-order valence-electron chi connectivity index (χ2n) is 7.58. The molecule has 0 bridgehead atoms. The van der Waals surface area contributed by atoms with E-state index in [-0.39, 0.29) is 18.1 Å². The first-order chi connectivity index (χ1) is 10.7. The van der Waals surface area contributed by atoms with Gasteiger partial charge in [0.05, 0.1) is 12.1 Å². The van der Waals surface area contributed by atoms with Gasteiger partial charge in [-0.15, -0.1) is 0 Å². The Bertz CT molecular complexity index is 549. The highest BCUT2D eigenvalue weighted by atomic mass is 16.5. The van der Waals surface area contributed by atoms with E-state index in [1.807, 2.05) is 45.9 Å². The minimum absolute atomic E-state index is 0.0173. The van der Waals surface area contributed by atoms with Gasteiger partial charge < -0.3 is 15.2 Å². The van der Waals surface area contributed by atoms with Crippen LogP contribution in [0.25, 0.3) is 0 Å². The predicted molar refractivity (Wildman–Crippen MR) is 89.3 cm³/mol. The summed E-state index contributed by atoms with van der Waals surface area (Å²) in [7, 11) is 0. The first kappa shape index (κ1) is 17.7. The van der Waals surface area contributed by atoms with Gasteiger partial charge in [0.2, 0.25) is 11.8 Å². The number of pyridine rings is 1. The van der Waals surface area contributed by atoms with Crippen molar-refractivity contribution in [2.75, 3.05) is 6.61 Å². The van der Waals surface area contributed by atoms with Gasteiger partial charge in [-0.25, -0.2) is 4.98 Å². The van der Waals surface area contributed by atoms with Crippen LogP contribution in [0.15, 0.2) is 18.2 Å². The van der Waals surface area contributed by atoms with Gasteiger partial charge in [-0.2, -0.15) is 0 Å². The smallest absolute Gasteiger partial charge is 0.220 e. The molecule has 0 spiro atoms. The molecule has 0 aromatic carbocycles. The fourth-order valence-corrected chi connectivity index (χ4v) is 2.58. The fraction of sp³-hybridized carbons (Fsp3) is 0.667. The Hall–Kier alpha value is -1.62. The lowest BCUT2D eigenvalue weighted by Gasteiger charge is -2.28. The van der Waals surface area contributed by atoms with E-state index in [9.17, 15) is 9.90 Å². The first-order valence-corrected chi connectivity index (χ1v) is 8.29. The van der Waals surface area contributed by atoms with Crippen LogP contribution in [0.2, 0.25) is 0 Å². The number of nitrogens with zero attached hydrogens (tertiary/aromatic N) is 1. The van der Waals surface area contributed by atoms with Gasteiger partial charge in [-0.05, 0) is 58.9 Å². The maximum Gasteiger partial charge on any atom is 0.220 e. The lowest BCUT2D eigenvalue weighted by Crippen LogP contribution is -2.50. The number of aryl methyl sites for hydroxylation is 1. The van der Waals surface area contributed by atoms with Crippen molar-refractivity contribution in [2.24, 2.45) is 5.92 Å². The number of aliphatic hydroxyl groups excluding tert-OH is 1. The lowest BCUT2D eigenvalue weighted by molar-refractivity contribution is -0.123. The summed E-state index contributed by atoms with van der Waals surface area (Å²) >= 11 is 0. The number of rotatable bonds is 7. The van der Waals surface area contributed by atoms with E-state index in [0.717, 1.165) is 18.5 Å². The third-order valence-corrected chi connectivity index (χ3v) is 4.03. The second kappa shape index (κ2) is 6.87. The lowest BCUT2D eigenvalue weighted by atomic mass is 9.96. The molecule has 23 heavy (non-hydrogen) atoms. The van der Waals surface area contributed by atoms with Gasteiger partial charge in [-0.1, -0.05) is 6.07 Å². The monoisotopic (exact) mass is 320 g/mol. The average Bonchev–Trinajstić information content (AvgIpc) is 3.28. The Kier molecular flexibility index (Phi) is 5.30. The summed E-state index contributed by atoms with van der Waals surface area (Å²) in [6.07, 6.45) is 3.06. The molecule has 2 N–H and O–H groups in total. The summed E-state index contributed by atoms with van der Waals surface area (Å²) < 4.78 is 5.74. The highest BCUT2D eigenvalue weighted by molar-refractivity contribution is 5.77. The number of hydrogen-bond acceptors (Lipinski definition) is 4. The van der Waals surface area contributed by atoms with E-state index in [1.54, 1.807) is 0 Å². The van der Waals surface area contributed by atoms with Gasteiger partial charge in [0.25, 0.3) is 0 Å². The molecular formula is C18H28N2O3. The van der Waals surface area contributed by atoms with Crippen LogP contribution < -0.4 is 10.1 Å². The molecule has 1 atom stereocenters. The minimum Gasteiger partial charge on any atom is -0.472 e. The van der Waals surface area contributed by atoms with Crippen LogP contribution in [0, 0.1) is 5.92 Å². The quantitative estimate of drug-likeness (QED) is 0.809. The van der Waals surface area contributed by atoms with Crippen LogP contribution in [-0.2, 0) is 11.2 Å². The van der Waals surface area contributed by atoms with E-state index in [2.05, 4.69) is 10.3 Å². The van der Waals surface area contributed by atoms with Crippen LogP contribution in [0.5, 0.6) is 5.88 Å². The normalized spacial score (nSPS) is 17.4. The number of amides is 1. The average molecular weight is 320 g/mol. The first-order valence-electron chi connectivity index (χ1n) is 8.29. The van der Waals surface area contributed by atoms with Crippen molar-refractivity contribution in [3.8, 4) is 5.88 Å². The Morgan fingerprint density at radius 2 is 2.04 bits per heavy atom. The van der Waals surface area contributed by atoms with Crippen LogP contribution in [0.4, 0.5) is 0 Å². The zero-order valence-electron chi connectivity index (χ0n) is 14.6. The van der Waals surface area contributed by atoms with Crippen molar-refractivity contribution in [3.63, 3.8) is 0 Å². The van der Waals surface area contributed by atoms with Gasteiger partial charge in [0.1, 0.15) is 5.60 Å². The second-order valence-corrected chi connectivity index (χ2v) is 7.58. The molecule has 1 unspecified atom stereocenters. The number of nitrogens with one attached hydrogen (secondary N) is 1. The Balaban J connectivity index is 1.88. The summed E-state index contributed by atoms with van der Waals surface area (Å²) in [6.45, 7) is 7.82. The third kappa shape index (κ3) is 5.50. The van der Waals surface area contributed by atoms with E-state index in [0.29, 0.717) is 24.6 Å². The van der Waals surface area contributed by atoms with Crippen LogP contribution in [-0.4, -0.2) is 33.7 Å². The van der Waals surface area contributed by atoms with Gasteiger partial charge in [0.15, 0.2) is 0 Å². The molecule has 1 saturated carbocycles. The summed E-state index contributed by atoms with van der Waals surface area (Å²) in [6, 6.07) is 5.61. The highest BCUT2D eigenvalue weighted by Gasteiger charge is 2.41. The molecule has 1 heterocycles. The summed E-state index contributed by atoms with van der Waals surface area (Å²) in [5, 5.41) is 12.5. The maximum atomic E-state index is 12.2. The van der Waals surface area contributed by atoms with Crippen molar-refractivity contribution in [1.29, 1.82) is 0 Å². The zero-order chi connectivity index (χ0) is 17.1. The van der Waals surface area contributed by atoms with E-state index in [1.165, 1.54) is 0 Å². The predicted octanol–water partition coefficient (Wildman–Crippen LogP) is 2.47. The summed E-state index contributed by atoms with van der Waals surface area (Å²) in [5.41, 5.74) is 0.0526. The standard InChI is InChI=1S/C18H28N2O3/c1-17(2,3)23-16-7-5-6-14(19-16)10-11-15(22)20-18(4,12-21)13-8-9-13/h5-7,13,21H,8-12H2,1-4H3,(H,20,22). The number of carbonyl (C=O) groups excluding carboxylic acids is 1. The van der Waals surface area contributed by atoms with Crippen LogP contribution in [0.1, 0.15) is 52.7 Å². The topological polar surface area (TPSA) is 71.5 Å². The van der Waals surface area contributed by atoms with Crippen molar-refractivity contribution in [1.82, 2.24) is 10.3 Å². The summed E-state index contributed by atoms with van der Waals surface area (Å²) in [4.78, 5) is 16.6. The van der Waals surface area contributed by atoms with E-state index < -0.39 is 5.54 Å². The molecule has 1 aromatic heterocycles. The number of aromatic nitrogens is 1. The number of ether oxygens (including phenoxy) is 1. The van der Waals surface area contributed by atoms with Crippen molar-refractivity contribution in [2.45, 2.75) is 64.5 Å². The molecule has 0 aliphatic heterocycles. The molecule has 5 nitrogen and oxygen atoms in total. The van der Waals surface area contributed by atoms with Gasteiger partial charge >= 0.3 is 0 Å².